The highest BCUT2D eigenvalue weighted by Gasteiger charge is 2.64. The van der Waals surface area contributed by atoms with Crippen LogP contribution in [0.15, 0.2) is 0 Å². The number of aliphatic hydroxyl groups excluding tert-OH is 1. The molecule has 4 atom stereocenters. The predicted molar refractivity (Wildman–Crippen MR) is 61.7 cm³/mol. The number of nitrogens with zero attached hydrogens (tertiary/aromatic N) is 1. The maximum atomic E-state index is 10.1. The Morgan fingerprint density at radius 3 is 2.05 bits per heavy atom. The van der Waals surface area contributed by atoms with Gasteiger partial charge >= 0.3 is 0 Å². The lowest BCUT2D eigenvalue weighted by molar-refractivity contribution is -0.331. The smallest absolute Gasteiger partial charge is 0.280 e. The number of aromatic hydroxyl groups is 2. The second-order valence-electron chi connectivity index (χ2n) is 5.25. The van der Waals surface area contributed by atoms with Crippen LogP contribution in [-0.4, -0.2) is 45.2 Å². The van der Waals surface area contributed by atoms with Crippen LogP contribution in [0.2, 0.25) is 0 Å². The molecular weight excluding hydrogens is 270 g/mol. The molecule has 0 radical (unpaired) electrons. The summed E-state index contributed by atoms with van der Waals surface area (Å²) in [6.45, 7) is 1.14. The average molecular weight is 285 g/mol. The standard InChI is InChI=1S/C12H15NO7/c1-12(17-2)19-8-6-4-5(7(18-6)9(8)20-12)11(16)13(3-14)10(4)15/h6-9,14-16H,3H2,1-2H3/t6-,7-,8-,9-/m1/s1. The topological polar surface area (TPSA) is 103 Å². The summed E-state index contributed by atoms with van der Waals surface area (Å²) in [6, 6.07) is 0. The fraction of sp³-hybridized carbons (Fsp3) is 0.667. The van der Waals surface area contributed by atoms with Crippen molar-refractivity contribution in [3.8, 4) is 11.8 Å². The number of hydrogen-bond donors (Lipinski definition) is 3. The van der Waals surface area contributed by atoms with Crippen molar-refractivity contribution in [2.24, 2.45) is 0 Å². The van der Waals surface area contributed by atoms with Gasteiger partial charge in [0, 0.05) is 14.0 Å². The molecule has 0 aromatic carbocycles. The summed E-state index contributed by atoms with van der Waals surface area (Å²) in [5.41, 5.74) is 0.901. The van der Waals surface area contributed by atoms with E-state index in [9.17, 15) is 15.3 Å². The van der Waals surface area contributed by atoms with Crippen LogP contribution in [0.4, 0.5) is 0 Å². The number of hydrogen-bond acceptors (Lipinski definition) is 7. The first-order valence-electron chi connectivity index (χ1n) is 6.32. The summed E-state index contributed by atoms with van der Waals surface area (Å²) in [5, 5.41) is 29.4. The Bertz CT molecular complexity index is 541. The highest BCUT2D eigenvalue weighted by molar-refractivity contribution is 5.54. The Kier molecular flexibility index (Phi) is 2.27. The molecule has 1 aromatic rings. The zero-order valence-corrected chi connectivity index (χ0v) is 10.9. The van der Waals surface area contributed by atoms with Gasteiger partial charge in [0.25, 0.3) is 5.97 Å². The molecule has 2 saturated heterocycles. The molecule has 0 spiro atoms. The molecule has 2 bridgehead atoms. The lowest BCUT2D eigenvalue weighted by Gasteiger charge is -2.23. The van der Waals surface area contributed by atoms with Crippen molar-refractivity contribution >= 4 is 0 Å². The van der Waals surface area contributed by atoms with Crippen LogP contribution < -0.4 is 0 Å². The van der Waals surface area contributed by atoms with E-state index in [4.69, 9.17) is 18.9 Å². The molecule has 8 nitrogen and oxygen atoms in total. The minimum atomic E-state index is -1.16. The first kappa shape index (κ1) is 12.4. The Morgan fingerprint density at radius 2 is 1.65 bits per heavy atom. The number of rotatable bonds is 2. The van der Waals surface area contributed by atoms with Gasteiger partial charge < -0.3 is 34.3 Å². The second kappa shape index (κ2) is 3.66. The largest absolute Gasteiger partial charge is 0.494 e. The average Bonchev–Trinajstić information content (AvgIpc) is 3.09. The summed E-state index contributed by atoms with van der Waals surface area (Å²) in [5.74, 6) is -1.57. The maximum absolute atomic E-state index is 10.1. The van der Waals surface area contributed by atoms with Crippen molar-refractivity contribution in [2.75, 3.05) is 7.11 Å². The van der Waals surface area contributed by atoms with Crippen molar-refractivity contribution in [3.05, 3.63) is 11.1 Å². The van der Waals surface area contributed by atoms with Crippen molar-refractivity contribution in [2.45, 2.75) is 44.0 Å². The van der Waals surface area contributed by atoms with Gasteiger partial charge in [-0.2, -0.15) is 0 Å². The van der Waals surface area contributed by atoms with Crippen molar-refractivity contribution in [1.82, 2.24) is 4.57 Å². The Balaban J connectivity index is 1.79. The van der Waals surface area contributed by atoms with Crippen LogP contribution >= 0.6 is 0 Å². The Morgan fingerprint density at radius 1 is 1.15 bits per heavy atom. The van der Waals surface area contributed by atoms with E-state index < -0.39 is 37.1 Å². The van der Waals surface area contributed by atoms with Crippen LogP contribution in [0.5, 0.6) is 11.8 Å². The van der Waals surface area contributed by atoms with Crippen molar-refractivity contribution < 1.29 is 34.3 Å². The number of fused-ring (bicyclic) bond motifs is 8. The number of ether oxygens (including phenoxy) is 4. The number of aromatic nitrogens is 1. The van der Waals surface area contributed by atoms with E-state index in [1.165, 1.54) is 7.11 Å². The van der Waals surface area contributed by atoms with Gasteiger partial charge in [-0.1, -0.05) is 0 Å². The van der Waals surface area contributed by atoms with E-state index in [1.807, 2.05) is 0 Å². The van der Waals surface area contributed by atoms with Gasteiger partial charge in [-0.25, -0.2) is 0 Å². The van der Waals surface area contributed by atoms with Crippen LogP contribution in [0.1, 0.15) is 30.3 Å². The van der Waals surface area contributed by atoms with E-state index in [0.717, 1.165) is 4.57 Å². The molecule has 2 fully saturated rings. The highest BCUT2D eigenvalue weighted by Crippen LogP contribution is 2.62. The van der Waals surface area contributed by atoms with Crippen molar-refractivity contribution in [1.29, 1.82) is 0 Å². The molecule has 3 aliphatic rings. The Hall–Kier alpha value is -1.32. The minimum Gasteiger partial charge on any atom is -0.494 e. The molecule has 0 aliphatic carbocycles. The molecule has 0 saturated carbocycles. The normalized spacial score (nSPS) is 36.4. The highest BCUT2D eigenvalue weighted by atomic mass is 16.9. The molecule has 8 heteroatoms. The maximum Gasteiger partial charge on any atom is 0.280 e. The molecule has 0 amide bonds. The molecule has 3 N–H and O–H groups in total. The minimum absolute atomic E-state index is 0.208. The number of methoxy groups -OCH3 is 1. The quantitative estimate of drug-likeness (QED) is 0.707. The van der Waals surface area contributed by atoms with Gasteiger partial charge in [0.15, 0.2) is 0 Å². The van der Waals surface area contributed by atoms with Gasteiger partial charge in [-0.15, -0.1) is 0 Å². The van der Waals surface area contributed by atoms with Gasteiger partial charge in [-0.3, -0.25) is 4.57 Å². The molecule has 4 heterocycles. The molecule has 110 valence electrons. The fourth-order valence-electron chi connectivity index (χ4n) is 3.33. The van der Waals surface area contributed by atoms with Crippen LogP contribution in [0.25, 0.3) is 0 Å². The fourth-order valence-corrected chi connectivity index (χ4v) is 3.33. The van der Waals surface area contributed by atoms with Crippen LogP contribution in [0, 0.1) is 0 Å². The first-order chi connectivity index (χ1) is 9.50. The van der Waals surface area contributed by atoms with Crippen molar-refractivity contribution in [3.63, 3.8) is 0 Å². The monoisotopic (exact) mass is 285 g/mol. The summed E-state index contributed by atoms with van der Waals surface area (Å²) in [6.07, 6.45) is -1.93. The van der Waals surface area contributed by atoms with Gasteiger partial charge in [-0.05, 0) is 0 Å². The third-order valence-corrected chi connectivity index (χ3v) is 4.28. The van der Waals surface area contributed by atoms with E-state index in [2.05, 4.69) is 0 Å². The predicted octanol–water partition coefficient (Wildman–Crippen LogP) is 0.0792. The summed E-state index contributed by atoms with van der Waals surface area (Å²) < 4.78 is 23.3. The van der Waals surface area contributed by atoms with Crippen LogP contribution in [0.3, 0.4) is 0 Å². The van der Waals surface area contributed by atoms with E-state index in [1.54, 1.807) is 6.92 Å². The second-order valence-corrected chi connectivity index (χ2v) is 5.25. The summed E-state index contributed by atoms with van der Waals surface area (Å²) in [4.78, 5) is 0. The molecule has 20 heavy (non-hydrogen) atoms. The SMILES string of the molecule is COC1(C)O[C@H]2[C@H](O1)[C@@H]1O[C@@H]2c2c1c(O)n(CO)c2O. The molecule has 0 unspecified atom stereocenters. The Labute approximate surface area is 114 Å². The van der Waals surface area contributed by atoms with E-state index in [-0.39, 0.29) is 11.8 Å². The van der Waals surface area contributed by atoms with E-state index in [0.29, 0.717) is 11.1 Å². The summed E-state index contributed by atoms with van der Waals surface area (Å²) in [7, 11) is 1.48. The van der Waals surface area contributed by atoms with E-state index >= 15 is 0 Å². The zero-order valence-electron chi connectivity index (χ0n) is 10.9. The molecule has 4 rings (SSSR count). The number of aliphatic hydroxyl groups is 1. The zero-order chi connectivity index (χ0) is 14.2. The lowest BCUT2D eigenvalue weighted by atomic mass is 9.90. The third-order valence-electron chi connectivity index (χ3n) is 4.28. The molecule has 3 aliphatic heterocycles. The summed E-state index contributed by atoms with van der Waals surface area (Å²) >= 11 is 0. The third kappa shape index (κ3) is 1.23. The van der Waals surface area contributed by atoms with Gasteiger partial charge in [0.2, 0.25) is 11.8 Å². The van der Waals surface area contributed by atoms with Crippen LogP contribution in [-0.2, 0) is 25.7 Å². The van der Waals surface area contributed by atoms with Gasteiger partial charge in [0.1, 0.15) is 31.1 Å². The lowest BCUT2D eigenvalue weighted by Crippen LogP contribution is -2.30. The molecule has 1 aromatic heterocycles. The molecular formula is C12H15NO7. The van der Waals surface area contributed by atoms with Gasteiger partial charge in [0.05, 0.1) is 11.1 Å². The first-order valence-corrected chi connectivity index (χ1v) is 6.32.